The highest BCUT2D eigenvalue weighted by Crippen LogP contribution is 2.21. The van der Waals surface area contributed by atoms with E-state index in [9.17, 15) is 9.59 Å². The number of carbonyl (C=O) groups is 2. The zero-order valence-electron chi connectivity index (χ0n) is 10.6. The van der Waals surface area contributed by atoms with Crippen LogP contribution in [-0.4, -0.2) is 54.1 Å². The van der Waals surface area contributed by atoms with Gasteiger partial charge in [-0.2, -0.15) is 0 Å². The molecule has 1 aromatic heterocycles. The Labute approximate surface area is 110 Å². The van der Waals surface area contributed by atoms with E-state index in [0.29, 0.717) is 32.0 Å². The van der Waals surface area contributed by atoms with Crippen molar-refractivity contribution in [3.8, 4) is 0 Å². The van der Waals surface area contributed by atoms with Gasteiger partial charge in [0.1, 0.15) is 6.61 Å². The summed E-state index contributed by atoms with van der Waals surface area (Å²) < 4.78 is 10.1. The van der Waals surface area contributed by atoms with E-state index in [4.69, 9.17) is 9.15 Å². The van der Waals surface area contributed by atoms with Gasteiger partial charge in [-0.15, -0.1) is 0 Å². The van der Waals surface area contributed by atoms with Crippen LogP contribution >= 0.6 is 0 Å². The van der Waals surface area contributed by atoms with Gasteiger partial charge in [-0.3, -0.25) is 4.79 Å². The molecule has 0 aromatic carbocycles. The fourth-order valence-electron chi connectivity index (χ4n) is 2.67. The van der Waals surface area contributed by atoms with Crippen molar-refractivity contribution < 1.29 is 18.7 Å². The molecule has 0 bridgehead atoms. The van der Waals surface area contributed by atoms with Gasteiger partial charge in [0.25, 0.3) is 5.91 Å². The summed E-state index contributed by atoms with van der Waals surface area (Å²) in [5.74, 6) is 0.298. The Kier molecular flexibility index (Phi) is 3.15. The molecule has 6 nitrogen and oxygen atoms in total. The second-order valence-electron chi connectivity index (χ2n) is 4.81. The summed E-state index contributed by atoms with van der Waals surface area (Å²) >= 11 is 0. The lowest BCUT2D eigenvalue weighted by molar-refractivity contribution is 0.0628. The van der Waals surface area contributed by atoms with Crippen molar-refractivity contribution in [2.75, 3.05) is 26.2 Å². The monoisotopic (exact) mass is 264 g/mol. The molecule has 1 aromatic rings. The Hall–Kier alpha value is -1.98. The Balaban J connectivity index is 1.57. The molecule has 6 heteroatoms. The van der Waals surface area contributed by atoms with E-state index < -0.39 is 0 Å². The first-order valence-corrected chi connectivity index (χ1v) is 6.52. The molecular formula is C13H16N2O4. The molecule has 2 amide bonds. The number of amides is 2. The Morgan fingerprint density at radius 2 is 2.05 bits per heavy atom. The summed E-state index contributed by atoms with van der Waals surface area (Å²) in [4.78, 5) is 27.1. The fourth-order valence-corrected chi connectivity index (χ4v) is 2.67. The second-order valence-corrected chi connectivity index (χ2v) is 4.81. The van der Waals surface area contributed by atoms with Crippen molar-refractivity contribution in [3.63, 3.8) is 0 Å². The molecule has 3 rings (SSSR count). The van der Waals surface area contributed by atoms with Gasteiger partial charge in [0.2, 0.25) is 0 Å². The minimum atomic E-state index is -0.226. The van der Waals surface area contributed by atoms with Crippen molar-refractivity contribution in [2.45, 2.75) is 18.9 Å². The van der Waals surface area contributed by atoms with Crippen molar-refractivity contribution in [1.29, 1.82) is 0 Å². The summed E-state index contributed by atoms with van der Waals surface area (Å²) in [5.41, 5.74) is 0. The zero-order valence-corrected chi connectivity index (χ0v) is 10.6. The van der Waals surface area contributed by atoms with Crippen LogP contribution in [0.3, 0.4) is 0 Å². The predicted octanol–water partition coefficient (Wildman–Crippen LogP) is 1.34. The molecule has 2 aliphatic heterocycles. The molecule has 2 saturated heterocycles. The molecule has 0 saturated carbocycles. The van der Waals surface area contributed by atoms with Crippen molar-refractivity contribution in [3.05, 3.63) is 24.2 Å². The van der Waals surface area contributed by atoms with Crippen molar-refractivity contribution in [2.24, 2.45) is 0 Å². The third-order valence-corrected chi connectivity index (χ3v) is 3.72. The minimum Gasteiger partial charge on any atom is -0.459 e. The van der Waals surface area contributed by atoms with Gasteiger partial charge in [-0.1, -0.05) is 0 Å². The molecular weight excluding hydrogens is 248 g/mol. The Morgan fingerprint density at radius 1 is 1.26 bits per heavy atom. The van der Waals surface area contributed by atoms with Crippen molar-refractivity contribution >= 4 is 12.0 Å². The minimum absolute atomic E-state index is 0.0764. The molecule has 2 aliphatic rings. The van der Waals surface area contributed by atoms with Gasteiger partial charge < -0.3 is 19.0 Å². The highest BCUT2D eigenvalue weighted by molar-refractivity contribution is 5.91. The quantitative estimate of drug-likeness (QED) is 0.808. The smallest absolute Gasteiger partial charge is 0.410 e. The van der Waals surface area contributed by atoms with Crippen LogP contribution in [0.25, 0.3) is 0 Å². The largest absolute Gasteiger partial charge is 0.459 e. The summed E-state index contributed by atoms with van der Waals surface area (Å²) in [6.07, 6.45) is 2.86. The van der Waals surface area contributed by atoms with E-state index in [1.807, 2.05) is 0 Å². The fraction of sp³-hybridized carbons (Fsp3) is 0.538. The van der Waals surface area contributed by atoms with Crippen LogP contribution < -0.4 is 0 Å². The van der Waals surface area contributed by atoms with E-state index in [1.54, 1.807) is 21.9 Å². The van der Waals surface area contributed by atoms with E-state index in [-0.39, 0.29) is 18.0 Å². The normalized spacial score (nSPS) is 20.7. The number of cyclic esters (lactones) is 1. The molecule has 0 N–H and O–H groups in total. The van der Waals surface area contributed by atoms with E-state index in [0.717, 1.165) is 12.8 Å². The lowest BCUT2D eigenvalue weighted by Gasteiger charge is -2.35. The maximum atomic E-state index is 12.1. The number of carbonyl (C=O) groups excluding carboxylic acids is 2. The summed E-state index contributed by atoms with van der Waals surface area (Å²) in [7, 11) is 0. The van der Waals surface area contributed by atoms with Crippen molar-refractivity contribution in [1.82, 2.24) is 9.80 Å². The van der Waals surface area contributed by atoms with Crippen LogP contribution in [0, 0.1) is 0 Å². The number of hydrogen-bond donors (Lipinski definition) is 0. The average Bonchev–Trinajstić information content (AvgIpc) is 3.09. The molecule has 102 valence electrons. The maximum absolute atomic E-state index is 12.1. The van der Waals surface area contributed by atoms with Gasteiger partial charge in [0.15, 0.2) is 5.76 Å². The molecule has 3 heterocycles. The highest BCUT2D eigenvalue weighted by atomic mass is 16.6. The summed E-state index contributed by atoms with van der Waals surface area (Å²) in [6.45, 7) is 2.43. The Morgan fingerprint density at radius 3 is 2.63 bits per heavy atom. The SMILES string of the molecule is O=C(c1ccco1)N1CCC(N2CCOC2=O)CC1. The molecule has 0 spiro atoms. The van der Waals surface area contributed by atoms with E-state index in [1.165, 1.54) is 6.26 Å². The maximum Gasteiger partial charge on any atom is 0.410 e. The number of furan rings is 1. The number of piperidine rings is 1. The van der Waals surface area contributed by atoms with Crippen LogP contribution in [-0.2, 0) is 4.74 Å². The van der Waals surface area contributed by atoms with E-state index in [2.05, 4.69) is 0 Å². The van der Waals surface area contributed by atoms with Gasteiger partial charge in [0.05, 0.1) is 12.8 Å². The van der Waals surface area contributed by atoms with Crippen LogP contribution in [0.4, 0.5) is 4.79 Å². The number of nitrogens with zero attached hydrogens (tertiary/aromatic N) is 2. The zero-order chi connectivity index (χ0) is 13.2. The van der Waals surface area contributed by atoms with Gasteiger partial charge in [-0.05, 0) is 25.0 Å². The molecule has 0 atom stereocenters. The lowest BCUT2D eigenvalue weighted by Crippen LogP contribution is -2.47. The number of ether oxygens (including phenoxy) is 1. The van der Waals surface area contributed by atoms with Gasteiger partial charge in [-0.25, -0.2) is 4.79 Å². The highest BCUT2D eigenvalue weighted by Gasteiger charge is 2.33. The topological polar surface area (TPSA) is 63.0 Å². The summed E-state index contributed by atoms with van der Waals surface area (Å²) in [6, 6.07) is 3.57. The standard InChI is InChI=1S/C13H16N2O4/c16-12(11-2-1-8-18-11)14-5-3-10(4-6-14)15-7-9-19-13(15)17/h1-2,8,10H,3-7,9H2. The first-order valence-electron chi connectivity index (χ1n) is 6.52. The first kappa shape index (κ1) is 12.1. The lowest BCUT2D eigenvalue weighted by atomic mass is 10.0. The van der Waals surface area contributed by atoms with Crippen LogP contribution in [0.15, 0.2) is 22.8 Å². The van der Waals surface area contributed by atoms with Crippen LogP contribution in [0.5, 0.6) is 0 Å². The van der Waals surface area contributed by atoms with Gasteiger partial charge >= 0.3 is 6.09 Å². The number of hydrogen-bond acceptors (Lipinski definition) is 4. The number of likely N-dealkylation sites (tertiary alicyclic amines) is 1. The van der Waals surface area contributed by atoms with Crippen LogP contribution in [0.2, 0.25) is 0 Å². The van der Waals surface area contributed by atoms with Gasteiger partial charge in [0, 0.05) is 19.1 Å². The predicted molar refractivity (Wildman–Crippen MR) is 65.7 cm³/mol. The molecule has 0 unspecified atom stereocenters. The third kappa shape index (κ3) is 2.30. The van der Waals surface area contributed by atoms with E-state index >= 15 is 0 Å². The molecule has 0 aliphatic carbocycles. The number of rotatable bonds is 2. The average molecular weight is 264 g/mol. The molecule has 19 heavy (non-hydrogen) atoms. The Bertz CT molecular complexity index is 463. The summed E-state index contributed by atoms with van der Waals surface area (Å²) in [5, 5.41) is 0. The second kappa shape index (κ2) is 4.95. The third-order valence-electron chi connectivity index (χ3n) is 3.72. The van der Waals surface area contributed by atoms with Crippen LogP contribution in [0.1, 0.15) is 23.4 Å². The molecule has 2 fully saturated rings. The molecule has 0 radical (unpaired) electrons. The first-order chi connectivity index (χ1) is 9.25.